The molecule has 1 atom stereocenters. The third-order valence-electron chi connectivity index (χ3n) is 2.97. The van der Waals surface area contributed by atoms with Gasteiger partial charge in [0.15, 0.2) is 0 Å². The van der Waals surface area contributed by atoms with Crippen LogP contribution in [0.3, 0.4) is 0 Å². The number of rotatable bonds is 7. The van der Waals surface area contributed by atoms with Crippen LogP contribution in [0.5, 0.6) is 0 Å². The molecule has 0 heterocycles. The zero-order chi connectivity index (χ0) is 22.2. The maximum absolute atomic E-state index is 12.4. The lowest BCUT2D eigenvalue weighted by Crippen LogP contribution is -2.46. The van der Waals surface area contributed by atoms with E-state index in [1.165, 1.54) is 0 Å². The van der Waals surface area contributed by atoms with E-state index in [9.17, 15) is 14.4 Å². The Labute approximate surface area is 169 Å². The van der Waals surface area contributed by atoms with E-state index in [0.717, 1.165) is 0 Å². The quantitative estimate of drug-likeness (QED) is 0.380. The van der Waals surface area contributed by atoms with Crippen molar-refractivity contribution in [3.05, 3.63) is 0 Å². The molecule has 0 aromatic rings. The predicted octanol–water partition coefficient (Wildman–Crippen LogP) is 3.92. The molecule has 2 amide bonds. The summed E-state index contributed by atoms with van der Waals surface area (Å²) in [5.41, 5.74) is -1.88. The molecule has 0 radical (unpaired) electrons. The summed E-state index contributed by atoms with van der Waals surface area (Å²) in [5.74, 6) is -0.515. The van der Waals surface area contributed by atoms with Gasteiger partial charge >= 0.3 is 18.2 Å². The molecule has 0 rings (SSSR count). The van der Waals surface area contributed by atoms with Gasteiger partial charge in [0.25, 0.3) is 0 Å². The van der Waals surface area contributed by atoms with E-state index < -0.39 is 41.0 Å². The lowest BCUT2D eigenvalue weighted by molar-refractivity contribution is -0.157. The van der Waals surface area contributed by atoms with Crippen molar-refractivity contribution in [1.82, 2.24) is 10.6 Å². The first kappa shape index (κ1) is 26.0. The Kier molecular flexibility index (Phi) is 9.78. The van der Waals surface area contributed by atoms with E-state index >= 15 is 0 Å². The summed E-state index contributed by atoms with van der Waals surface area (Å²) in [6.45, 7) is 16.3. The molecule has 2 N–H and O–H groups in total. The molecule has 0 aliphatic heterocycles. The Hall–Kier alpha value is -1.99. The summed E-state index contributed by atoms with van der Waals surface area (Å²) < 4.78 is 15.8. The first-order chi connectivity index (χ1) is 12.5. The molecule has 0 aliphatic carbocycles. The first-order valence-corrected chi connectivity index (χ1v) is 9.68. The number of hydrogen-bond acceptors (Lipinski definition) is 6. The molecule has 0 saturated heterocycles. The highest BCUT2D eigenvalue weighted by molar-refractivity contribution is 5.81. The van der Waals surface area contributed by atoms with Crippen LogP contribution < -0.4 is 10.6 Å². The third kappa shape index (κ3) is 15.1. The topological polar surface area (TPSA) is 103 Å². The van der Waals surface area contributed by atoms with Gasteiger partial charge in [-0.15, -0.1) is 0 Å². The van der Waals surface area contributed by atoms with E-state index in [0.29, 0.717) is 25.8 Å². The highest BCUT2D eigenvalue weighted by Crippen LogP contribution is 2.13. The number of nitrogens with one attached hydrogen (secondary N) is 2. The molecule has 0 aromatic heterocycles. The summed E-state index contributed by atoms with van der Waals surface area (Å²) in [6.07, 6.45) is 0.423. The molecule has 0 unspecified atom stereocenters. The molecule has 0 fully saturated rings. The Bertz CT molecular complexity index is 526. The molecule has 0 aromatic carbocycles. The van der Waals surface area contributed by atoms with Gasteiger partial charge in [0.05, 0.1) is 0 Å². The Morgan fingerprint density at radius 1 is 0.714 bits per heavy atom. The number of alkyl carbamates (subject to hydrolysis) is 2. The number of unbranched alkanes of at least 4 members (excludes halogenated alkanes) is 1. The van der Waals surface area contributed by atoms with Crippen molar-refractivity contribution in [3.63, 3.8) is 0 Å². The summed E-state index contributed by atoms with van der Waals surface area (Å²) in [6, 6.07) is -0.824. The number of ether oxygens (including phenoxy) is 3. The number of amides is 2. The summed E-state index contributed by atoms with van der Waals surface area (Å²) in [5, 5.41) is 5.24. The summed E-state index contributed by atoms with van der Waals surface area (Å²) in [7, 11) is 0. The monoisotopic (exact) mass is 402 g/mol. The largest absolute Gasteiger partial charge is 0.458 e. The van der Waals surface area contributed by atoms with Crippen molar-refractivity contribution < 1.29 is 28.6 Å². The number of carbonyl (C=O) groups is 3. The Morgan fingerprint density at radius 3 is 1.64 bits per heavy atom. The van der Waals surface area contributed by atoms with Crippen molar-refractivity contribution in [2.24, 2.45) is 0 Å². The molecular weight excluding hydrogens is 364 g/mol. The predicted molar refractivity (Wildman–Crippen MR) is 107 cm³/mol. The molecule has 28 heavy (non-hydrogen) atoms. The second-order valence-electron chi connectivity index (χ2n) is 9.66. The summed E-state index contributed by atoms with van der Waals surface area (Å²) in [4.78, 5) is 36.1. The van der Waals surface area contributed by atoms with Crippen LogP contribution in [-0.4, -0.2) is 47.5 Å². The van der Waals surface area contributed by atoms with E-state index in [4.69, 9.17) is 14.2 Å². The van der Waals surface area contributed by atoms with Crippen molar-refractivity contribution >= 4 is 18.2 Å². The molecular formula is C20H38N2O6. The first-order valence-electron chi connectivity index (χ1n) is 9.68. The van der Waals surface area contributed by atoms with Crippen LogP contribution in [0.15, 0.2) is 0 Å². The second-order valence-corrected chi connectivity index (χ2v) is 9.66. The molecule has 8 heteroatoms. The minimum atomic E-state index is -0.824. The van der Waals surface area contributed by atoms with Crippen molar-refractivity contribution in [3.8, 4) is 0 Å². The maximum atomic E-state index is 12.4. The average Bonchev–Trinajstić information content (AvgIpc) is 2.39. The van der Waals surface area contributed by atoms with E-state index in [2.05, 4.69) is 10.6 Å². The van der Waals surface area contributed by atoms with Crippen LogP contribution in [-0.2, 0) is 19.0 Å². The standard InChI is InChI=1S/C20H38N2O6/c1-18(2,3)26-15(23)14(22-17(25)28-20(7,8)9)12-10-11-13-21-16(24)27-19(4,5)6/h14H,10-13H2,1-9H3,(H,21,24)(H,22,25)/t14-/m0/s1. The SMILES string of the molecule is CC(C)(C)OC(=O)NCCCC[C@H](NC(=O)OC(C)(C)C)C(=O)OC(C)(C)C. The number of hydrogen-bond donors (Lipinski definition) is 2. The minimum absolute atomic E-state index is 0.365. The van der Waals surface area contributed by atoms with Gasteiger partial charge in [-0.3, -0.25) is 0 Å². The average molecular weight is 403 g/mol. The smallest absolute Gasteiger partial charge is 0.408 e. The normalized spacial score (nSPS) is 13.3. The van der Waals surface area contributed by atoms with Crippen LogP contribution in [0.2, 0.25) is 0 Å². The fourth-order valence-electron chi connectivity index (χ4n) is 2.05. The fraction of sp³-hybridized carbons (Fsp3) is 0.850. The van der Waals surface area contributed by atoms with Crippen molar-refractivity contribution in [2.45, 2.75) is 104 Å². The Morgan fingerprint density at radius 2 is 1.18 bits per heavy atom. The van der Waals surface area contributed by atoms with Crippen molar-refractivity contribution in [2.75, 3.05) is 6.54 Å². The van der Waals surface area contributed by atoms with Gasteiger partial charge in [-0.05, 0) is 81.6 Å². The zero-order valence-electron chi connectivity index (χ0n) is 18.9. The van der Waals surface area contributed by atoms with Crippen molar-refractivity contribution in [1.29, 1.82) is 0 Å². The minimum Gasteiger partial charge on any atom is -0.458 e. The van der Waals surface area contributed by atoms with Gasteiger partial charge in [-0.1, -0.05) is 0 Å². The fourth-order valence-corrected chi connectivity index (χ4v) is 2.05. The maximum Gasteiger partial charge on any atom is 0.408 e. The second kappa shape index (κ2) is 10.5. The highest BCUT2D eigenvalue weighted by Gasteiger charge is 2.28. The zero-order valence-corrected chi connectivity index (χ0v) is 18.9. The lowest BCUT2D eigenvalue weighted by Gasteiger charge is -2.26. The summed E-state index contributed by atoms with van der Waals surface area (Å²) >= 11 is 0. The van der Waals surface area contributed by atoms with Crippen LogP contribution in [0.4, 0.5) is 9.59 Å². The molecule has 8 nitrogen and oxygen atoms in total. The van der Waals surface area contributed by atoms with Crippen LogP contribution in [0, 0.1) is 0 Å². The van der Waals surface area contributed by atoms with Crippen LogP contribution in [0.25, 0.3) is 0 Å². The van der Waals surface area contributed by atoms with Gasteiger partial charge in [0.1, 0.15) is 22.8 Å². The van der Waals surface area contributed by atoms with E-state index in [1.54, 1.807) is 62.3 Å². The number of carbonyl (C=O) groups excluding carboxylic acids is 3. The van der Waals surface area contributed by atoms with Crippen LogP contribution in [0.1, 0.15) is 81.6 Å². The molecule has 164 valence electrons. The molecule has 0 saturated carbocycles. The lowest BCUT2D eigenvalue weighted by atomic mass is 10.1. The highest BCUT2D eigenvalue weighted by atomic mass is 16.6. The third-order valence-corrected chi connectivity index (χ3v) is 2.97. The Balaban J connectivity index is 4.58. The molecule has 0 aliphatic rings. The van der Waals surface area contributed by atoms with Crippen LogP contribution >= 0.6 is 0 Å². The van der Waals surface area contributed by atoms with E-state index in [-0.39, 0.29) is 0 Å². The number of esters is 1. The van der Waals surface area contributed by atoms with Gasteiger partial charge < -0.3 is 24.8 Å². The van der Waals surface area contributed by atoms with E-state index in [1.807, 2.05) is 0 Å². The molecule has 0 spiro atoms. The van der Waals surface area contributed by atoms with Gasteiger partial charge in [-0.25, -0.2) is 14.4 Å². The van der Waals surface area contributed by atoms with Gasteiger partial charge in [0.2, 0.25) is 0 Å². The van der Waals surface area contributed by atoms with Gasteiger partial charge in [-0.2, -0.15) is 0 Å². The van der Waals surface area contributed by atoms with Gasteiger partial charge in [0, 0.05) is 6.54 Å². The molecule has 0 bridgehead atoms.